The molecule has 6 nitrogen and oxygen atoms in total. The van der Waals surface area contributed by atoms with Gasteiger partial charge < -0.3 is 20.5 Å². The number of benzene rings is 1. The summed E-state index contributed by atoms with van der Waals surface area (Å²) in [6.07, 6.45) is -0.854. The topological polar surface area (TPSA) is 90.6 Å². The molecule has 0 saturated heterocycles. The largest absolute Gasteiger partial charge is 0.467 e. The Hall–Kier alpha value is -2.02. The van der Waals surface area contributed by atoms with Crippen LogP contribution < -0.4 is 11.1 Å². The molecule has 0 radical (unpaired) electrons. The number of nitrogens with one attached hydrogen (secondary N) is 1. The minimum absolute atomic E-state index is 0.0637. The normalized spacial score (nSPS) is 12.4. The third-order valence-electron chi connectivity index (χ3n) is 2.82. The van der Waals surface area contributed by atoms with E-state index < -0.39 is 29.5 Å². The van der Waals surface area contributed by atoms with E-state index in [0.717, 1.165) is 0 Å². The maximum absolute atomic E-state index is 13.7. The summed E-state index contributed by atoms with van der Waals surface area (Å²) in [5.74, 6) is -1.48. The van der Waals surface area contributed by atoms with E-state index in [2.05, 4.69) is 10.1 Å². The maximum atomic E-state index is 13.7. The summed E-state index contributed by atoms with van der Waals surface area (Å²) in [5.41, 5.74) is 5.06. The molecule has 1 atom stereocenters. The lowest BCUT2D eigenvalue weighted by Gasteiger charge is -2.23. The molecule has 0 saturated carbocycles. The van der Waals surface area contributed by atoms with Crippen LogP contribution in [0, 0.1) is 5.82 Å². The Balaban J connectivity index is 2.94. The molecular formula is C15H20ClFN2O4. The highest BCUT2D eigenvalue weighted by atomic mass is 35.5. The van der Waals surface area contributed by atoms with Crippen LogP contribution in [0.2, 0.25) is 5.02 Å². The molecule has 0 aromatic heterocycles. The van der Waals surface area contributed by atoms with E-state index >= 15 is 0 Å². The van der Waals surface area contributed by atoms with Crippen LogP contribution in [0.25, 0.3) is 0 Å². The number of amides is 1. The van der Waals surface area contributed by atoms with Crippen molar-refractivity contribution in [2.24, 2.45) is 0 Å². The standard InChI is InChI=1S/C15H20ClFN2O4/c1-15(2,3)23-14(21)19-10(13(20)22-4)7-8-5-6-9(16)11(17)12(8)18/h5-6,10H,7,18H2,1-4H3,(H,19,21)/t10-/m1/s1. The average molecular weight is 347 g/mol. The van der Waals surface area contributed by atoms with Crippen molar-refractivity contribution in [3.05, 3.63) is 28.5 Å². The molecule has 0 aliphatic rings. The SMILES string of the molecule is COC(=O)[C@@H](Cc1ccc(Cl)c(F)c1N)NC(=O)OC(C)(C)C. The molecule has 0 aliphatic carbocycles. The number of carbonyl (C=O) groups excluding carboxylic acids is 2. The smallest absolute Gasteiger partial charge is 0.408 e. The lowest BCUT2D eigenvalue weighted by atomic mass is 10.0. The van der Waals surface area contributed by atoms with Gasteiger partial charge in [-0.2, -0.15) is 0 Å². The number of anilines is 1. The van der Waals surface area contributed by atoms with Gasteiger partial charge in [-0.25, -0.2) is 14.0 Å². The first-order valence-electron chi connectivity index (χ1n) is 6.85. The molecule has 1 rings (SSSR count). The summed E-state index contributed by atoms with van der Waals surface area (Å²) < 4.78 is 23.5. The molecule has 0 fully saturated rings. The van der Waals surface area contributed by atoms with E-state index in [9.17, 15) is 14.0 Å². The van der Waals surface area contributed by atoms with E-state index in [0.29, 0.717) is 5.56 Å². The van der Waals surface area contributed by atoms with Gasteiger partial charge in [-0.05, 0) is 32.4 Å². The van der Waals surface area contributed by atoms with Crippen molar-refractivity contribution in [2.45, 2.75) is 38.8 Å². The van der Waals surface area contributed by atoms with Crippen molar-refractivity contribution in [1.82, 2.24) is 5.32 Å². The summed E-state index contributed by atoms with van der Waals surface area (Å²) in [6.45, 7) is 5.06. The van der Waals surface area contributed by atoms with Crippen molar-refractivity contribution in [1.29, 1.82) is 0 Å². The van der Waals surface area contributed by atoms with Gasteiger partial charge in [-0.1, -0.05) is 17.7 Å². The summed E-state index contributed by atoms with van der Waals surface area (Å²) in [6, 6.07) is 1.73. The first-order valence-corrected chi connectivity index (χ1v) is 7.22. The Kier molecular flexibility index (Phi) is 6.20. The molecule has 8 heteroatoms. The lowest BCUT2D eigenvalue weighted by molar-refractivity contribution is -0.143. The fourth-order valence-corrected chi connectivity index (χ4v) is 1.95. The van der Waals surface area contributed by atoms with Gasteiger partial charge in [-0.3, -0.25) is 0 Å². The van der Waals surface area contributed by atoms with Gasteiger partial charge in [0.15, 0.2) is 5.82 Å². The predicted molar refractivity (Wildman–Crippen MR) is 84.7 cm³/mol. The average Bonchev–Trinajstić information content (AvgIpc) is 2.44. The van der Waals surface area contributed by atoms with Crippen LogP contribution in [0.15, 0.2) is 12.1 Å². The van der Waals surface area contributed by atoms with Crippen LogP contribution >= 0.6 is 11.6 Å². The number of hydrogen-bond donors (Lipinski definition) is 2. The number of alkyl carbamates (subject to hydrolysis) is 1. The molecule has 128 valence electrons. The minimum atomic E-state index is -1.07. The number of halogens is 2. The predicted octanol–water partition coefficient (Wildman–Crippen LogP) is 2.67. The molecule has 1 aromatic rings. The van der Waals surface area contributed by atoms with Gasteiger partial charge in [0.1, 0.15) is 11.6 Å². The number of nitrogen functional groups attached to an aromatic ring is 1. The Morgan fingerprint density at radius 3 is 2.52 bits per heavy atom. The highest BCUT2D eigenvalue weighted by molar-refractivity contribution is 6.31. The monoisotopic (exact) mass is 346 g/mol. The highest BCUT2D eigenvalue weighted by Gasteiger charge is 2.26. The molecule has 0 heterocycles. The zero-order valence-electron chi connectivity index (χ0n) is 13.4. The van der Waals surface area contributed by atoms with E-state index in [1.165, 1.54) is 19.2 Å². The van der Waals surface area contributed by atoms with E-state index in [4.69, 9.17) is 22.1 Å². The second-order valence-electron chi connectivity index (χ2n) is 5.86. The van der Waals surface area contributed by atoms with Gasteiger partial charge in [-0.15, -0.1) is 0 Å². The molecular weight excluding hydrogens is 327 g/mol. The van der Waals surface area contributed by atoms with Crippen LogP contribution in [0.5, 0.6) is 0 Å². The van der Waals surface area contributed by atoms with Crippen molar-refractivity contribution in [2.75, 3.05) is 12.8 Å². The van der Waals surface area contributed by atoms with Crippen molar-refractivity contribution >= 4 is 29.4 Å². The molecule has 0 aliphatic heterocycles. The van der Waals surface area contributed by atoms with Crippen molar-refractivity contribution in [3.8, 4) is 0 Å². The lowest BCUT2D eigenvalue weighted by Crippen LogP contribution is -2.45. The number of carbonyl (C=O) groups is 2. The molecule has 1 amide bonds. The fourth-order valence-electron chi connectivity index (χ4n) is 1.79. The number of nitrogens with two attached hydrogens (primary N) is 1. The van der Waals surface area contributed by atoms with E-state index in [-0.39, 0.29) is 17.1 Å². The summed E-state index contributed by atoms with van der Waals surface area (Å²) in [4.78, 5) is 23.6. The first-order chi connectivity index (χ1) is 10.5. The highest BCUT2D eigenvalue weighted by Crippen LogP contribution is 2.25. The second kappa shape index (κ2) is 7.50. The second-order valence-corrected chi connectivity index (χ2v) is 6.27. The molecule has 3 N–H and O–H groups in total. The Morgan fingerprint density at radius 2 is 2.00 bits per heavy atom. The summed E-state index contributed by atoms with van der Waals surface area (Å²) in [7, 11) is 1.18. The number of hydrogen-bond acceptors (Lipinski definition) is 5. The number of rotatable bonds is 4. The van der Waals surface area contributed by atoms with E-state index in [1.807, 2.05) is 0 Å². The first kappa shape index (κ1) is 19.0. The van der Waals surface area contributed by atoms with Crippen LogP contribution in [0.4, 0.5) is 14.9 Å². The Bertz CT molecular complexity index is 602. The van der Waals surface area contributed by atoms with Crippen LogP contribution in [-0.4, -0.2) is 30.8 Å². The van der Waals surface area contributed by atoms with Crippen LogP contribution in [0.1, 0.15) is 26.3 Å². The van der Waals surface area contributed by atoms with Crippen molar-refractivity contribution in [3.63, 3.8) is 0 Å². The van der Waals surface area contributed by atoms with Gasteiger partial charge in [0.2, 0.25) is 0 Å². The molecule has 1 aromatic carbocycles. The minimum Gasteiger partial charge on any atom is -0.467 e. The molecule has 23 heavy (non-hydrogen) atoms. The molecule has 0 bridgehead atoms. The zero-order valence-corrected chi connectivity index (χ0v) is 14.2. The molecule has 0 unspecified atom stereocenters. The Labute approximate surface area is 139 Å². The zero-order chi connectivity index (χ0) is 17.8. The third kappa shape index (κ3) is 5.59. The summed E-state index contributed by atoms with van der Waals surface area (Å²) in [5, 5.41) is 2.26. The molecule has 0 spiro atoms. The van der Waals surface area contributed by atoms with Crippen molar-refractivity contribution < 1.29 is 23.5 Å². The van der Waals surface area contributed by atoms with Gasteiger partial charge in [0.05, 0.1) is 17.8 Å². The fraction of sp³-hybridized carbons (Fsp3) is 0.467. The van der Waals surface area contributed by atoms with Gasteiger partial charge >= 0.3 is 12.1 Å². The third-order valence-corrected chi connectivity index (χ3v) is 3.12. The number of methoxy groups -OCH3 is 1. The van der Waals surface area contributed by atoms with Crippen LogP contribution in [0.3, 0.4) is 0 Å². The van der Waals surface area contributed by atoms with Gasteiger partial charge in [0, 0.05) is 6.42 Å². The van der Waals surface area contributed by atoms with Gasteiger partial charge in [0.25, 0.3) is 0 Å². The number of ether oxygens (including phenoxy) is 2. The number of esters is 1. The summed E-state index contributed by atoms with van der Waals surface area (Å²) >= 11 is 5.63. The maximum Gasteiger partial charge on any atom is 0.408 e. The quantitative estimate of drug-likeness (QED) is 0.646. The van der Waals surface area contributed by atoms with E-state index in [1.54, 1.807) is 20.8 Å². The van der Waals surface area contributed by atoms with Crippen LogP contribution in [-0.2, 0) is 20.7 Å². The Morgan fingerprint density at radius 1 is 1.39 bits per heavy atom.